The molecule has 0 fully saturated rings. The fourth-order valence-electron chi connectivity index (χ4n) is 2.41. The predicted molar refractivity (Wildman–Crippen MR) is 100 cm³/mol. The average molecular weight is 387 g/mol. The number of hydrogen-bond acceptors (Lipinski definition) is 3. The molecule has 1 amide bonds. The van der Waals surface area contributed by atoms with Gasteiger partial charge >= 0.3 is 0 Å². The van der Waals surface area contributed by atoms with E-state index in [9.17, 15) is 13.6 Å². The summed E-state index contributed by atoms with van der Waals surface area (Å²) in [4.78, 5) is 13.1. The molecule has 0 saturated heterocycles. The molecule has 0 aliphatic rings. The summed E-state index contributed by atoms with van der Waals surface area (Å²) >= 11 is 1.53. The average Bonchev–Trinajstić information content (AvgIpc) is 2.54. The second-order valence-electron chi connectivity index (χ2n) is 5.62. The van der Waals surface area contributed by atoms with Gasteiger partial charge in [0.05, 0.1) is 6.04 Å². The fourth-order valence-corrected chi connectivity index (χ4v) is 2.88. The molecule has 136 valence electrons. The van der Waals surface area contributed by atoms with Crippen molar-refractivity contribution in [2.24, 2.45) is 5.73 Å². The minimum Gasteiger partial charge on any atom is -0.345 e. The summed E-state index contributed by atoms with van der Waals surface area (Å²) in [6.45, 7) is 1.71. The number of rotatable bonds is 6. The number of nitrogens with two attached hydrogens (primary N) is 1. The molecular weight excluding hydrogens is 366 g/mol. The Morgan fingerprint density at radius 2 is 1.96 bits per heavy atom. The van der Waals surface area contributed by atoms with Gasteiger partial charge in [-0.3, -0.25) is 4.79 Å². The van der Waals surface area contributed by atoms with Crippen molar-refractivity contribution < 1.29 is 13.6 Å². The van der Waals surface area contributed by atoms with E-state index in [0.717, 1.165) is 23.1 Å². The third-order valence-electron chi connectivity index (χ3n) is 3.51. The number of halogens is 3. The summed E-state index contributed by atoms with van der Waals surface area (Å²) in [5, 5.41) is 2.77. The zero-order valence-corrected chi connectivity index (χ0v) is 15.6. The highest BCUT2D eigenvalue weighted by molar-refractivity contribution is 7.98. The molecule has 0 spiro atoms. The monoisotopic (exact) mass is 386 g/mol. The molecule has 7 heteroatoms. The molecule has 3 N–H and O–H groups in total. The van der Waals surface area contributed by atoms with E-state index in [-0.39, 0.29) is 36.3 Å². The SMILES string of the molecule is CSc1cccc(C(NC(=O)CC(C)N)c2cc(F)ccc2F)c1.Cl. The van der Waals surface area contributed by atoms with Crippen LogP contribution in [0.3, 0.4) is 0 Å². The van der Waals surface area contributed by atoms with E-state index in [0.29, 0.717) is 5.56 Å². The molecular formula is C18H21ClF2N2OS. The Bertz CT molecular complexity index is 728. The molecule has 2 atom stereocenters. The van der Waals surface area contributed by atoms with Crippen LogP contribution < -0.4 is 11.1 Å². The van der Waals surface area contributed by atoms with E-state index in [1.54, 1.807) is 13.0 Å². The normalized spacial score (nSPS) is 12.8. The van der Waals surface area contributed by atoms with E-state index in [1.165, 1.54) is 11.8 Å². The highest BCUT2D eigenvalue weighted by Gasteiger charge is 2.21. The Morgan fingerprint density at radius 3 is 2.60 bits per heavy atom. The largest absolute Gasteiger partial charge is 0.345 e. The Kier molecular flexibility index (Phi) is 8.35. The lowest BCUT2D eigenvalue weighted by Crippen LogP contribution is -2.33. The van der Waals surface area contributed by atoms with Crippen LogP contribution >= 0.6 is 24.2 Å². The van der Waals surface area contributed by atoms with E-state index >= 15 is 0 Å². The van der Waals surface area contributed by atoms with Crippen LogP contribution in [0.2, 0.25) is 0 Å². The number of amides is 1. The second kappa shape index (κ2) is 9.75. The van der Waals surface area contributed by atoms with Crippen molar-refractivity contribution in [2.45, 2.75) is 30.3 Å². The van der Waals surface area contributed by atoms with Crippen molar-refractivity contribution in [3.8, 4) is 0 Å². The third-order valence-corrected chi connectivity index (χ3v) is 4.23. The molecule has 2 rings (SSSR count). The summed E-state index contributed by atoms with van der Waals surface area (Å²) in [6, 6.07) is 9.50. The van der Waals surface area contributed by atoms with Gasteiger partial charge in [0.25, 0.3) is 0 Å². The zero-order valence-electron chi connectivity index (χ0n) is 14.0. The van der Waals surface area contributed by atoms with Crippen LogP contribution in [0, 0.1) is 11.6 Å². The van der Waals surface area contributed by atoms with E-state index in [4.69, 9.17) is 5.73 Å². The first-order chi connectivity index (χ1) is 11.4. The Hall–Kier alpha value is -1.63. The van der Waals surface area contributed by atoms with Crippen LogP contribution in [0.4, 0.5) is 8.78 Å². The molecule has 0 saturated carbocycles. The molecule has 0 radical (unpaired) electrons. The van der Waals surface area contributed by atoms with Crippen LogP contribution in [0.15, 0.2) is 47.4 Å². The lowest BCUT2D eigenvalue weighted by molar-refractivity contribution is -0.121. The molecule has 0 bridgehead atoms. The highest BCUT2D eigenvalue weighted by Crippen LogP contribution is 2.28. The lowest BCUT2D eigenvalue weighted by Gasteiger charge is -2.21. The summed E-state index contributed by atoms with van der Waals surface area (Å²) in [6.07, 6.45) is 2.03. The molecule has 0 aromatic heterocycles. The highest BCUT2D eigenvalue weighted by atomic mass is 35.5. The van der Waals surface area contributed by atoms with Gasteiger partial charge in [0.1, 0.15) is 11.6 Å². The summed E-state index contributed by atoms with van der Waals surface area (Å²) < 4.78 is 27.9. The van der Waals surface area contributed by atoms with Crippen molar-refractivity contribution in [1.82, 2.24) is 5.32 Å². The standard InChI is InChI=1S/C18H20F2N2OS.ClH/c1-11(21)8-17(23)22-18(12-4-3-5-14(9-12)24-2)15-10-13(19)6-7-16(15)20;/h3-7,9-11,18H,8,21H2,1-2H3,(H,22,23);1H. The van der Waals surface area contributed by atoms with Crippen LogP contribution in [0.5, 0.6) is 0 Å². The summed E-state index contributed by atoms with van der Waals surface area (Å²) in [7, 11) is 0. The van der Waals surface area contributed by atoms with Gasteiger partial charge in [0.15, 0.2) is 0 Å². The number of benzene rings is 2. The van der Waals surface area contributed by atoms with Gasteiger partial charge in [-0.2, -0.15) is 0 Å². The van der Waals surface area contributed by atoms with Crippen LogP contribution in [-0.2, 0) is 4.79 Å². The summed E-state index contributed by atoms with van der Waals surface area (Å²) in [5.74, 6) is -1.44. The minimum atomic E-state index is -0.779. The maximum Gasteiger partial charge on any atom is 0.222 e. The molecule has 3 nitrogen and oxygen atoms in total. The van der Waals surface area contributed by atoms with Crippen LogP contribution in [0.1, 0.15) is 30.5 Å². The number of nitrogens with one attached hydrogen (secondary N) is 1. The maximum absolute atomic E-state index is 14.3. The molecule has 2 unspecified atom stereocenters. The Morgan fingerprint density at radius 1 is 1.24 bits per heavy atom. The van der Waals surface area contributed by atoms with E-state index < -0.39 is 17.7 Å². The van der Waals surface area contributed by atoms with Crippen LogP contribution in [-0.4, -0.2) is 18.2 Å². The van der Waals surface area contributed by atoms with Crippen molar-refractivity contribution in [3.05, 3.63) is 65.2 Å². The summed E-state index contributed by atoms with van der Waals surface area (Å²) in [5.41, 5.74) is 6.42. The molecule has 25 heavy (non-hydrogen) atoms. The van der Waals surface area contributed by atoms with Gasteiger partial charge in [-0.05, 0) is 49.1 Å². The predicted octanol–water partition coefficient (Wildman–Crippen LogP) is 4.05. The van der Waals surface area contributed by atoms with Crippen LogP contribution in [0.25, 0.3) is 0 Å². The van der Waals surface area contributed by atoms with Gasteiger partial charge in [0.2, 0.25) is 5.91 Å². The van der Waals surface area contributed by atoms with Crippen molar-refractivity contribution in [2.75, 3.05) is 6.26 Å². The van der Waals surface area contributed by atoms with Crippen molar-refractivity contribution >= 4 is 30.1 Å². The van der Waals surface area contributed by atoms with E-state index in [1.807, 2.05) is 24.5 Å². The number of hydrogen-bond donors (Lipinski definition) is 2. The first-order valence-corrected chi connectivity index (χ1v) is 8.77. The van der Waals surface area contributed by atoms with Gasteiger partial charge in [-0.1, -0.05) is 12.1 Å². The Labute approximate surface area is 156 Å². The molecule has 0 aliphatic heterocycles. The van der Waals surface area contributed by atoms with Gasteiger partial charge in [-0.15, -0.1) is 24.2 Å². The number of carbonyl (C=O) groups is 1. The maximum atomic E-state index is 14.3. The third kappa shape index (κ3) is 5.99. The topological polar surface area (TPSA) is 55.1 Å². The first kappa shape index (κ1) is 21.4. The smallest absolute Gasteiger partial charge is 0.222 e. The van der Waals surface area contributed by atoms with E-state index in [2.05, 4.69) is 5.32 Å². The van der Waals surface area contributed by atoms with Crippen molar-refractivity contribution in [3.63, 3.8) is 0 Å². The number of carbonyl (C=O) groups excluding carboxylic acids is 1. The van der Waals surface area contributed by atoms with Gasteiger partial charge in [-0.25, -0.2) is 8.78 Å². The first-order valence-electron chi connectivity index (χ1n) is 7.54. The molecule has 2 aromatic rings. The zero-order chi connectivity index (χ0) is 17.7. The van der Waals surface area contributed by atoms with Crippen molar-refractivity contribution in [1.29, 1.82) is 0 Å². The Balaban J connectivity index is 0.00000312. The van der Waals surface area contributed by atoms with Gasteiger partial charge < -0.3 is 11.1 Å². The second-order valence-corrected chi connectivity index (χ2v) is 6.50. The molecule has 0 aliphatic carbocycles. The fraction of sp³-hybridized carbons (Fsp3) is 0.278. The quantitative estimate of drug-likeness (QED) is 0.736. The minimum absolute atomic E-state index is 0. The molecule has 2 aromatic carbocycles. The lowest BCUT2D eigenvalue weighted by atomic mass is 9.97. The number of thioether (sulfide) groups is 1. The molecule has 0 heterocycles. The van der Waals surface area contributed by atoms with Gasteiger partial charge in [0, 0.05) is 22.9 Å².